The van der Waals surface area contributed by atoms with Crippen molar-refractivity contribution in [3.8, 4) is 0 Å². The second kappa shape index (κ2) is 4.98. The Hall–Kier alpha value is -0.560. The van der Waals surface area contributed by atoms with Gasteiger partial charge in [0.15, 0.2) is 0 Å². The van der Waals surface area contributed by atoms with Crippen molar-refractivity contribution in [2.75, 3.05) is 6.61 Å². The van der Waals surface area contributed by atoms with Gasteiger partial charge in [0, 0.05) is 12.5 Å². The predicted molar refractivity (Wildman–Crippen MR) is 65.7 cm³/mol. The second-order valence-electron chi connectivity index (χ2n) is 5.13. The molecule has 1 aliphatic rings. The smallest absolute Gasteiger partial charge is 0.0496 e. The van der Waals surface area contributed by atoms with Crippen molar-refractivity contribution in [2.24, 2.45) is 17.3 Å². The maximum absolute atomic E-state index is 9.46. The summed E-state index contributed by atoms with van der Waals surface area (Å²) >= 11 is 0. The lowest BCUT2D eigenvalue weighted by Gasteiger charge is -2.33. The normalized spacial score (nSPS) is 27.0. The van der Waals surface area contributed by atoms with Crippen LogP contribution in [0, 0.1) is 17.3 Å². The van der Waals surface area contributed by atoms with Crippen molar-refractivity contribution in [2.45, 2.75) is 40.5 Å². The molecule has 1 nitrogen and oxygen atoms in total. The summed E-state index contributed by atoms with van der Waals surface area (Å²) in [4.78, 5) is 0. The Bertz CT molecular complexity index is 261. The van der Waals surface area contributed by atoms with Gasteiger partial charge in [-0.05, 0) is 31.1 Å². The van der Waals surface area contributed by atoms with E-state index >= 15 is 0 Å². The molecule has 2 unspecified atom stereocenters. The summed E-state index contributed by atoms with van der Waals surface area (Å²) in [5, 5.41) is 9.46. The molecule has 0 aromatic carbocycles. The van der Waals surface area contributed by atoms with Gasteiger partial charge in [0.05, 0.1) is 0 Å². The highest BCUT2D eigenvalue weighted by atomic mass is 16.3. The lowest BCUT2D eigenvalue weighted by molar-refractivity contribution is 0.151. The van der Waals surface area contributed by atoms with Gasteiger partial charge < -0.3 is 5.11 Å². The fraction of sp³-hybridized carbons (Fsp3) is 0.714. The maximum Gasteiger partial charge on any atom is 0.0496 e. The van der Waals surface area contributed by atoms with E-state index in [0.717, 1.165) is 12.8 Å². The lowest BCUT2D eigenvalue weighted by Crippen LogP contribution is -2.28. The van der Waals surface area contributed by atoms with Crippen LogP contribution in [0.1, 0.15) is 40.5 Å². The first-order chi connectivity index (χ1) is 7.04. The van der Waals surface area contributed by atoms with Crippen LogP contribution in [0.2, 0.25) is 0 Å². The zero-order valence-electron chi connectivity index (χ0n) is 10.5. The van der Waals surface area contributed by atoms with Crippen molar-refractivity contribution in [3.63, 3.8) is 0 Å². The molecule has 86 valence electrons. The molecule has 0 radical (unpaired) electrons. The van der Waals surface area contributed by atoms with Gasteiger partial charge in [-0.3, -0.25) is 0 Å². The van der Waals surface area contributed by atoms with Crippen LogP contribution in [0.15, 0.2) is 23.8 Å². The Kier molecular flexibility index (Phi) is 4.15. The minimum atomic E-state index is 0.242. The minimum absolute atomic E-state index is 0.242. The molecule has 1 rings (SSSR count). The van der Waals surface area contributed by atoms with Crippen molar-refractivity contribution < 1.29 is 5.11 Å². The second-order valence-corrected chi connectivity index (χ2v) is 5.13. The average Bonchev–Trinajstić information content (AvgIpc) is 2.45. The largest absolute Gasteiger partial charge is 0.396 e. The van der Waals surface area contributed by atoms with Crippen LogP contribution < -0.4 is 0 Å². The fourth-order valence-corrected chi connectivity index (χ4v) is 2.50. The standard InChI is InChI=1S/C14H24O/c1-5-6-7-12(10-15)13-9-8-11(2)14(13,3)4/h6-8,12-13,15H,5,9-10H2,1-4H3. The third-order valence-electron chi connectivity index (χ3n) is 3.97. The number of hydrogen-bond donors (Lipinski definition) is 1. The summed E-state index contributed by atoms with van der Waals surface area (Å²) in [6.07, 6.45) is 8.85. The molecule has 0 aliphatic heterocycles. The van der Waals surface area contributed by atoms with Crippen LogP contribution in [0.25, 0.3) is 0 Å². The van der Waals surface area contributed by atoms with Gasteiger partial charge in [-0.2, -0.15) is 0 Å². The Morgan fingerprint density at radius 2 is 2.27 bits per heavy atom. The van der Waals surface area contributed by atoms with E-state index < -0.39 is 0 Å². The number of aliphatic hydroxyl groups is 1. The van der Waals surface area contributed by atoms with Crippen LogP contribution in [0.4, 0.5) is 0 Å². The minimum Gasteiger partial charge on any atom is -0.396 e. The summed E-state index contributed by atoms with van der Waals surface area (Å²) in [7, 11) is 0. The van der Waals surface area contributed by atoms with Crippen molar-refractivity contribution in [1.29, 1.82) is 0 Å². The highest BCUT2D eigenvalue weighted by molar-refractivity contribution is 5.20. The van der Waals surface area contributed by atoms with E-state index in [1.165, 1.54) is 5.57 Å². The Balaban J connectivity index is 2.76. The summed E-state index contributed by atoms with van der Waals surface area (Å²) in [6, 6.07) is 0. The summed E-state index contributed by atoms with van der Waals surface area (Å²) < 4.78 is 0. The molecule has 0 bridgehead atoms. The zero-order valence-corrected chi connectivity index (χ0v) is 10.5. The Labute approximate surface area is 93.9 Å². The molecule has 15 heavy (non-hydrogen) atoms. The van der Waals surface area contributed by atoms with E-state index in [-0.39, 0.29) is 12.0 Å². The van der Waals surface area contributed by atoms with E-state index in [1.807, 2.05) is 0 Å². The monoisotopic (exact) mass is 208 g/mol. The predicted octanol–water partition coefficient (Wildman–Crippen LogP) is 3.55. The van der Waals surface area contributed by atoms with Crippen molar-refractivity contribution in [3.05, 3.63) is 23.8 Å². The van der Waals surface area contributed by atoms with Crippen molar-refractivity contribution >= 4 is 0 Å². The number of allylic oxidation sites excluding steroid dienone is 3. The average molecular weight is 208 g/mol. The van der Waals surface area contributed by atoms with E-state index in [9.17, 15) is 5.11 Å². The van der Waals surface area contributed by atoms with Gasteiger partial charge >= 0.3 is 0 Å². The van der Waals surface area contributed by atoms with Crippen LogP contribution >= 0.6 is 0 Å². The third-order valence-corrected chi connectivity index (χ3v) is 3.97. The highest BCUT2D eigenvalue weighted by Gasteiger charge is 2.38. The first-order valence-electron chi connectivity index (χ1n) is 5.98. The molecular formula is C14H24O. The molecular weight excluding hydrogens is 184 g/mol. The fourth-order valence-electron chi connectivity index (χ4n) is 2.50. The molecule has 1 heteroatoms. The Morgan fingerprint density at radius 1 is 1.60 bits per heavy atom. The highest BCUT2D eigenvalue weighted by Crippen LogP contribution is 2.46. The molecule has 0 aromatic heterocycles. The number of rotatable bonds is 4. The molecule has 1 N–H and O–H groups in total. The topological polar surface area (TPSA) is 20.2 Å². The quantitative estimate of drug-likeness (QED) is 0.700. The molecule has 2 atom stereocenters. The SMILES string of the molecule is CCC=CC(CO)C1CC=C(C)C1(C)C. The first kappa shape index (κ1) is 12.5. The zero-order chi connectivity index (χ0) is 11.5. The first-order valence-corrected chi connectivity index (χ1v) is 5.98. The van der Waals surface area contributed by atoms with Crippen LogP contribution in [0.3, 0.4) is 0 Å². The van der Waals surface area contributed by atoms with Crippen LogP contribution in [0.5, 0.6) is 0 Å². The van der Waals surface area contributed by atoms with Gasteiger partial charge in [0.1, 0.15) is 0 Å². The summed E-state index contributed by atoms with van der Waals surface area (Å²) in [6.45, 7) is 9.19. The molecule has 1 aliphatic carbocycles. The summed E-state index contributed by atoms with van der Waals surface area (Å²) in [5.41, 5.74) is 1.71. The molecule has 0 fully saturated rings. The van der Waals surface area contributed by atoms with Gasteiger partial charge in [-0.15, -0.1) is 0 Å². The summed E-state index contributed by atoms with van der Waals surface area (Å²) in [5.74, 6) is 0.874. The van der Waals surface area contributed by atoms with E-state index in [4.69, 9.17) is 0 Å². The third kappa shape index (κ3) is 2.52. The van der Waals surface area contributed by atoms with Gasteiger partial charge in [-0.1, -0.05) is 44.6 Å². The van der Waals surface area contributed by atoms with E-state index in [2.05, 4.69) is 45.9 Å². The van der Waals surface area contributed by atoms with Gasteiger partial charge in [0.2, 0.25) is 0 Å². The molecule has 0 aromatic rings. The maximum atomic E-state index is 9.46. The molecule has 0 saturated heterocycles. The molecule has 0 spiro atoms. The van der Waals surface area contributed by atoms with Gasteiger partial charge in [-0.25, -0.2) is 0 Å². The number of hydrogen-bond acceptors (Lipinski definition) is 1. The molecule has 0 saturated carbocycles. The van der Waals surface area contributed by atoms with Gasteiger partial charge in [0.25, 0.3) is 0 Å². The molecule has 0 amide bonds. The van der Waals surface area contributed by atoms with E-state index in [1.54, 1.807) is 0 Å². The van der Waals surface area contributed by atoms with E-state index in [0.29, 0.717) is 11.8 Å². The van der Waals surface area contributed by atoms with Crippen LogP contribution in [-0.4, -0.2) is 11.7 Å². The van der Waals surface area contributed by atoms with Crippen molar-refractivity contribution in [1.82, 2.24) is 0 Å². The van der Waals surface area contributed by atoms with Crippen LogP contribution in [-0.2, 0) is 0 Å². The Morgan fingerprint density at radius 3 is 2.67 bits per heavy atom. The lowest BCUT2D eigenvalue weighted by atomic mass is 9.71. The number of aliphatic hydroxyl groups excluding tert-OH is 1. The molecule has 0 heterocycles.